The van der Waals surface area contributed by atoms with E-state index in [1.807, 2.05) is 0 Å². The lowest BCUT2D eigenvalue weighted by Crippen LogP contribution is -2.39. The van der Waals surface area contributed by atoms with Gasteiger partial charge in [0.2, 0.25) is 5.91 Å². The number of alkyl halides is 3. The van der Waals surface area contributed by atoms with Gasteiger partial charge in [0.1, 0.15) is 5.82 Å². The number of nitrogens with one attached hydrogen (secondary N) is 1. The molecule has 0 aliphatic carbocycles. The van der Waals surface area contributed by atoms with E-state index in [9.17, 15) is 18.0 Å². The molecule has 0 aromatic carbocycles. The Morgan fingerprint density at radius 2 is 2.12 bits per heavy atom. The summed E-state index contributed by atoms with van der Waals surface area (Å²) in [6.07, 6.45) is 2.85. The van der Waals surface area contributed by atoms with Crippen molar-refractivity contribution in [1.82, 2.24) is 24.5 Å². The Kier molecular flexibility index (Phi) is 6.50. The number of carbonyl (C=O) groups excluding carboxylic acids is 1. The van der Waals surface area contributed by atoms with E-state index in [0.717, 1.165) is 32.0 Å². The molecule has 3 aromatic rings. The molecule has 0 saturated carbocycles. The van der Waals surface area contributed by atoms with Gasteiger partial charge in [0.25, 0.3) is 0 Å². The second-order valence-corrected chi connectivity index (χ2v) is 8.17. The largest absolute Gasteiger partial charge is 0.419 e. The number of hydrogen-bond donors (Lipinski definition) is 2. The third-order valence-electron chi connectivity index (χ3n) is 5.97. The number of halogens is 3. The number of amides is 1. The predicted molar refractivity (Wildman–Crippen MR) is 118 cm³/mol. The lowest BCUT2D eigenvalue weighted by molar-refractivity contribution is -0.137. The van der Waals surface area contributed by atoms with Crippen LogP contribution in [0.5, 0.6) is 0 Å². The summed E-state index contributed by atoms with van der Waals surface area (Å²) < 4.78 is 40.9. The lowest BCUT2D eigenvalue weighted by atomic mass is 9.98. The molecular weight excluding hydrogens is 435 g/mol. The molecule has 1 aliphatic heterocycles. The van der Waals surface area contributed by atoms with Crippen LogP contribution in [0, 0.1) is 0 Å². The van der Waals surface area contributed by atoms with Crippen LogP contribution in [0.25, 0.3) is 16.9 Å². The van der Waals surface area contributed by atoms with Crippen molar-refractivity contribution < 1.29 is 18.0 Å². The number of fused-ring (bicyclic) bond motifs is 1. The van der Waals surface area contributed by atoms with E-state index in [1.54, 1.807) is 12.1 Å². The fraction of sp³-hybridized carbons (Fsp3) is 0.455. The molecule has 3 aromatic heterocycles. The molecule has 1 aliphatic rings. The van der Waals surface area contributed by atoms with Gasteiger partial charge in [0.15, 0.2) is 11.5 Å². The van der Waals surface area contributed by atoms with E-state index in [1.165, 1.54) is 29.8 Å². The van der Waals surface area contributed by atoms with E-state index < -0.39 is 17.6 Å². The summed E-state index contributed by atoms with van der Waals surface area (Å²) in [7, 11) is 0. The monoisotopic (exact) mass is 461 g/mol. The fourth-order valence-electron chi connectivity index (χ4n) is 4.25. The molecule has 1 fully saturated rings. The summed E-state index contributed by atoms with van der Waals surface area (Å²) in [4.78, 5) is 22.8. The maximum atomic E-state index is 13.1. The van der Waals surface area contributed by atoms with Crippen LogP contribution in [0.15, 0.2) is 30.6 Å². The minimum absolute atomic E-state index is 0.127. The quantitative estimate of drug-likeness (QED) is 0.576. The SMILES string of the molecule is CCN1CCCCC1CCC(=O)Nc1cn2nc(-c3cnc(N)c(C(F)(F)F)c3)ccc2n1. The first-order valence-electron chi connectivity index (χ1n) is 11.0. The Labute approximate surface area is 189 Å². The average molecular weight is 461 g/mol. The number of nitrogens with zero attached hydrogens (tertiary/aromatic N) is 5. The van der Waals surface area contributed by atoms with E-state index in [0.29, 0.717) is 23.9 Å². The number of pyridine rings is 1. The maximum absolute atomic E-state index is 13.1. The van der Waals surface area contributed by atoms with E-state index in [-0.39, 0.29) is 17.2 Å². The van der Waals surface area contributed by atoms with Gasteiger partial charge in [0, 0.05) is 24.2 Å². The number of piperidine rings is 1. The van der Waals surface area contributed by atoms with Crippen molar-refractivity contribution in [3.63, 3.8) is 0 Å². The highest BCUT2D eigenvalue weighted by atomic mass is 19.4. The van der Waals surface area contributed by atoms with Crippen LogP contribution >= 0.6 is 0 Å². The van der Waals surface area contributed by atoms with Crippen molar-refractivity contribution in [2.75, 3.05) is 24.1 Å². The van der Waals surface area contributed by atoms with Crippen LogP contribution in [0.3, 0.4) is 0 Å². The zero-order valence-corrected chi connectivity index (χ0v) is 18.3. The molecule has 1 unspecified atom stereocenters. The molecule has 3 N–H and O–H groups in total. The first kappa shape index (κ1) is 23.0. The lowest BCUT2D eigenvalue weighted by Gasteiger charge is -2.34. The summed E-state index contributed by atoms with van der Waals surface area (Å²) in [6, 6.07) is 4.50. The van der Waals surface area contributed by atoms with Crippen molar-refractivity contribution in [3.05, 3.63) is 36.2 Å². The van der Waals surface area contributed by atoms with Gasteiger partial charge in [-0.05, 0) is 50.6 Å². The number of hydrogen-bond acceptors (Lipinski definition) is 6. The molecule has 0 bridgehead atoms. The van der Waals surface area contributed by atoms with Crippen LogP contribution in [0.2, 0.25) is 0 Å². The topological polar surface area (TPSA) is 101 Å². The third-order valence-corrected chi connectivity index (χ3v) is 5.97. The molecule has 11 heteroatoms. The Morgan fingerprint density at radius 1 is 1.30 bits per heavy atom. The number of carbonyl (C=O) groups is 1. The van der Waals surface area contributed by atoms with E-state index in [4.69, 9.17) is 5.73 Å². The van der Waals surface area contributed by atoms with Crippen molar-refractivity contribution in [3.8, 4) is 11.3 Å². The summed E-state index contributed by atoms with van der Waals surface area (Å²) in [5.41, 5.74) is 5.26. The number of nitrogens with two attached hydrogens (primary N) is 1. The summed E-state index contributed by atoms with van der Waals surface area (Å²) in [5.74, 6) is -0.375. The van der Waals surface area contributed by atoms with Crippen molar-refractivity contribution in [2.45, 2.75) is 51.2 Å². The average Bonchev–Trinajstić information content (AvgIpc) is 3.18. The number of anilines is 2. The van der Waals surface area contributed by atoms with Crippen LogP contribution in [0.4, 0.5) is 24.8 Å². The molecule has 4 rings (SSSR count). The van der Waals surface area contributed by atoms with Crippen LogP contribution in [-0.2, 0) is 11.0 Å². The molecule has 0 spiro atoms. The van der Waals surface area contributed by atoms with Crippen LogP contribution < -0.4 is 11.1 Å². The van der Waals surface area contributed by atoms with Gasteiger partial charge in [-0.15, -0.1) is 0 Å². The third kappa shape index (κ3) is 5.24. The Balaban J connectivity index is 1.45. The van der Waals surface area contributed by atoms with Gasteiger partial charge in [-0.1, -0.05) is 13.3 Å². The highest BCUT2D eigenvalue weighted by Crippen LogP contribution is 2.34. The van der Waals surface area contributed by atoms with Gasteiger partial charge in [-0.2, -0.15) is 18.3 Å². The molecule has 8 nitrogen and oxygen atoms in total. The fourth-order valence-corrected chi connectivity index (χ4v) is 4.25. The highest BCUT2D eigenvalue weighted by Gasteiger charge is 2.34. The molecule has 33 heavy (non-hydrogen) atoms. The maximum Gasteiger partial charge on any atom is 0.419 e. The summed E-state index contributed by atoms with van der Waals surface area (Å²) >= 11 is 0. The normalized spacial score (nSPS) is 17.4. The second kappa shape index (κ2) is 9.34. The van der Waals surface area contributed by atoms with Crippen LogP contribution in [-0.4, -0.2) is 49.5 Å². The predicted octanol–water partition coefficient (Wildman–Crippen LogP) is 3.99. The van der Waals surface area contributed by atoms with Gasteiger partial charge in [0.05, 0.1) is 17.5 Å². The molecule has 1 atom stereocenters. The minimum Gasteiger partial charge on any atom is -0.383 e. The van der Waals surface area contributed by atoms with Gasteiger partial charge in [-0.25, -0.2) is 14.5 Å². The molecule has 1 saturated heterocycles. The first-order chi connectivity index (χ1) is 15.7. The van der Waals surface area contributed by atoms with Gasteiger partial charge >= 0.3 is 6.18 Å². The van der Waals surface area contributed by atoms with E-state index in [2.05, 4.69) is 32.2 Å². The van der Waals surface area contributed by atoms with Crippen molar-refractivity contribution in [2.24, 2.45) is 0 Å². The van der Waals surface area contributed by atoms with E-state index >= 15 is 0 Å². The number of nitrogen functional groups attached to an aromatic ring is 1. The zero-order valence-electron chi connectivity index (χ0n) is 18.3. The van der Waals surface area contributed by atoms with Crippen LogP contribution in [0.1, 0.15) is 44.6 Å². The van der Waals surface area contributed by atoms with Gasteiger partial charge < -0.3 is 16.0 Å². The molecular formula is C22H26F3N7O. The number of likely N-dealkylation sites (tertiary alicyclic amines) is 1. The van der Waals surface area contributed by atoms with Crippen molar-refractivity contribution in [1.29, 1.82) is 0 Å². The Bertz CT molecular complexity index is 1140. The Morgan fingerprint density at radius 3 is 2.88 bits per heavy atom. The summed E-state index contributed by atoms with van der Waals surface area (Å²) in [6.45, 7) is 4.21. The number of imidazole rings is 1. The second-order valence-electron chi connectivity index (χ2n) is 8.17. The van der Waals surface area contributed by atoms with Crippen molar-refractivity contribution >= 4 is 23.2 Å². The first-order valence-corrected chi connectivity index (χ1v) is 11.0. The zero-order chi connectivity index (χ0) is 23.6. The molecule has 176 valence electrons. The number of aromatic nitrogens is 4. The minimum atomic E-state index is -4.62. The molecule has 4 heterocycles. The standard InChI is InChI=1S/C22H26F3N7O/c1-2-31-10-4-3-5-15(31)6-9-20(33)29-18-13-32-19(28-18)8-7-17(30-32)14-11-16(22(23,24)25)21(26)27-12-14/h7-8,11-13,15H,2-6,9-10H2,1H3,(H2,26,27)(H,29,33). The number of rotatable bonds is 6. The molecule has 1 amide bonds. The molecule has 0 radical (unpaired) electrons. The highest BCUT2D eigenvalue weighted by molar-refractivity contribution is 5.90. The smallest absolute Gasteiger partial charge is 0.383 e. The van der Waals surface area contributed by atoms with Gasteiger partial charge in [-0.3, -0.25) is 4.79 Å². The summed E-state index contributed by atoms with van der Waals surface area (Å²) in [5, 5.41) is 7.11. The Hall–Kier alpha value is -3.21.